The van der Waals surface area contributed by atoms with E-state index < -0.39 is 0 Å². The van der Waals surface area contributed by atoms with Gasteiger partial charge in [0, 0.05) is 5.92 Å². The van der Waals surface area contributed by atoms with Crippen molar-refractivity contribution in [2.75, 3.05) is 7.11 Å². The summed E-state index contributed by atoms with van der Waals surface area (Å²) in [5.41, 5.74) is 3.00. The zero-order chi connectivity index (χ0) is 13.8. The Labute approximate surface area is 116 Å². The van der Waals surface area contributed by atoms with Gasteiger partial charge in [-0.1, -0.05) is 31.7 Å². The van der Waals surface area contributed by atoms with Crippen LogP contribution in [0.2, 0.25) is 0 Å². The first-order valence-electron chi connectivity index (χ1n) is 7.33. The fraction of sp³-hybridized carbons (Fsp3) is 0.588. The van der Waals surface area contributed by atoms with Crippen molar-refractivity contribution < 1.29 is 9.53 Å². The Hall–Kier alpha value is -1.31. The van der Waals surface area contributed by atoms with Crippen LogP contribution in [0, 0.1) is 19.8 Å². The highest BCUT2D eigenvalue weighted by atomic mass is 16.5. The summed E-state index contributed by atoms with van der Waals surface area (Å²) in [5, 5.41) is 0. The van der Waals surface area contributed by atoms with E-state index in [4.69, 9.17) is 4.74 Å². The van der Waals surface area contributed by atoms with E-state index in [0.29, 0.717) is 0 Å². The van der Waals surface area contributed by atoms with Crippen molar-refractivity contribution in [3.63, 3.8) is 0 Å². The van der Waals surface area contributed by atoms with Gasteiger partial charge in [-0.05, 0) is 43.9 Å². The van der Waals surface area contributed by atoms with Crippen LogP contribution in [0.5, 0.6) is 5.75 Å². The van der Waals surface area contributed by atoms with Crippen molar-refractivity contribution in [1.82, 2.24) is 0 Å². The molecule has 2 nitrogen and oxygen atoms in total. The molecule has 19 heavy (non-hydrogen) atoms. The lowest BCUT2D eigenvalue weighted by atomic mass is 9.88. The Balaban J connectivity index is 2.31. The fourth-order valence-electron chi connectivity index (χ4n) is 3.15. The van der Waals surface area contributed by atoms with Crippen molar-refractivity contribution in [2.45, 2.75) is 52.4 Å². The smallest absolute Gasteiger partial charge is 0.169 e. The molecule has 0 unspecified atom stereocenters. The zero-order valence-electron chi connectivity index (χ0n) is 12.3. The van der Waals surface area contributed by atoms with Crippen LogP contribution in [0.25, 0.3) is 0 Å². The van der Waals surface area contributed by atoms with Crippen molar-refractivity contribution in [2.24, 2.45) is 5.92 Å². The van der Waals surface area contributed by atoms with Crippen LogP contribution in [-0.2, 0) is 0 Å². The van der Waals surface area contributed by atoms with Crippen molar-refractivity contribution in [3.05, 3.63) is 28.8 Å². The second-order valence-electron chi connectivity index (χ2n) is 5.71. The first-order chi connectivity index (χ1) is 9.13. The predicted molar refractivity (Wildman–Crippen MR) is 78.0 cm³/mol. The summed E-state index contributed by atoms with van der Waals surface area (Å²) < 4.78 is 5.43. The Morgan fingerprint density at radius 3 is 2.32 bits per heavy atom. The van der Waals surface area contributed by atoms with Crippen LogP contribution in [0.15, 0.2) is 12.1 Å². The molecule has 0 aromatic heterocycles. The molecule has 0 amide bonds. The molecule has 1 aromatic carbocycles. The largest absolute Gasteiger partial charge is 0.496 e. The quantitative estimate of drug-likeness (QED) is 0.592. The number of carbonyl (C=O) groups excluding carboxylic acids is 1. The third kappa shape index (κ3) is 3.17. The van der Waals surface area contributed by atoms with E-state index in [9.17, 15) is 4.79 Å². The lowest BCUT2D eigenvalue weighted by molar-refractivity contribution is 0.0904. The van der Waals surface area contributed by atoms with Crippen LogP contribution in [0.3, 0.4) is 0 Å². The molecule has 2 rings (SSSR count). The van der Waals surface area contributed by atoms with Gasteiger partial charge in [0.15, 0.2) is 5.78 Å². The number of ketones is 1. The number of Topliss-reactive ketones (excluding diaryl/α,β-unsaturated/α-hetero) is 1. The highest BCUT2D eigenvalue weighted by molar-refractivity contribution is 6.01. The average Bonchev–Trinajstić information content (AvgIpc) is 2.65. The third-order valence-corrected chi connectivity index (χ3v) is 4.14. The van der Waals surface area contributed by atoms with Gasteiger partial charge in [0.2, 0.25) is 0 Å². The summed E-state index contributed by atoms with van der Waals surface area (Å²) in [6.45, 7) is 4.05. The van der Waals surface area contributed by atoms with Crippen LogP contribution in [0.4, 0.5) is 0 Å². The highest BCUT2D eigenvalue weighted by Crippen LogP contribution is 2.32. The molecule has 1 saturated carbocycles. The van der Waals surface area contributed by atoms with Gasteiger partial charge >= 0.3 is 0 Å². The van der Waals surface area contributed by atoms with E-state index >= 15 is 0 Å². The minimum atomic E-state index is 0.192. The molecule has 0 heterocycles. The molecule has 0 aliphatic heterocycles. The topological polar surface area (TPSA) is 26.3 Å². The molecule has 2 heteroatoms. The molecule has 1 aliphatic carbocycles. The lowest BCUT2D eigenvalue weighted by Gasteiger charge is -2.17. The van der Waals surface area contributed by atoms with Gasteiger partial charge in [-0.25, -0.2) is 0 Å². The molecule has 0 saturated heterocycles. The monoisotopic (exact) mass is 260 g/mol. The van der Waals surface area contributed by atoms with Gasteiger partial charge in [-0.3, -0.25) is 4.79 Å². The summed E-state index contributed by atoms with van der Waals surface area (Å²) in [4.78, 5) is 12.8. The van der Waals surface area contributed by atoms with Crippen LogP contribution in [0.1, 0.15) is 60.0 Å². The number of benzene rings is 1. The van der Waals surface area contributed by atoms with Gasteiger partial charge in [-0.2, -0.15) is 0 Å². The van der Waals surface area contributed by atoms with E-state index in [0.717, 1.165) is 35.3 Å². The maximum Gasteiger partial charge on any atom is 0.169 e. The Bertz CT molecular complexity index is 455. The molecule has 1 aromatic rings. The van der Waals surface area contributed by atoms with E-state index in [2.05, 4.69) is 6.07 Å². The lowest BCUT2D eigenvalue weighted by Crippen LogP contribution is -2.16. The van der Waals surface area contributed by atoms with Gasteiger partial charge < -0.3 is 4.74 Å². The van der Waals surface area contributed by atoms with Gasteiger partial charge in [0.1, 0.15) is 5.75 Å². The normalized spacial score (nSPS) is 17.0. The SMILES string of the molecule is COc1cc(C)cc(C)c1C(=O)C1CCCCCC1. The van der Waals surface area contributed by atoms with Crippen molar-refractivity contribution in [3.8, 4) is 5.75 Å². The zero-order valence-corrected chi connectivity index (χ0v) is 12.3. The summed E-state index contributed by atoms with van der Waals surface area (Å²) in [6.07, 6.45) is 6.99. The van der Waals surface area contributed by atoms with Crippen LogP contribution in [-0.4, -0.2) is 12.9 Å². The van der Waals surface area contributed by atoms with E-state index in [1.807, 2.05) is 19.9 Å². The van der Waals surface area contributed by atoms with E-state index in [-0.39, 0.29) is 11.7 Å². The number of hydrogen-bond acceptors (Lipinski definition) is 2. The molecule has 0 bridgehead atoms. The second-order valence-corrected chi connectivity index (χ2v) is 5.71. The Morgan fingerprint density at radius 1 is 1.11 bits per heavy atom. The second kappa shape index (κ2) is 6.23. The molecule has 0 N–H and O–H groups in total. The van der Waals surface area contributed by atoms with Crippen LogP contribution >= 0.6 is 0 Å². The van der Waals surface area contributed by atoms with Crippen LogP contribution < -0.4 is 4.74 Å². The molecule has 0 atom stereocenters. The van der Waals surface area contributed by atoms with Gasteiger partial charge in [0.25, 0.3) is 0 Å². The molecule has 0 radical (unpaired) electrons. The van der Waals surface area contributed by atoms with Gasteiger partial charge in [0.05, 0.1) is 12.7 Å². The van der Waals surface area contributed by atoms with Gasteiger partial charge in [-0.15, -0.1) is 0 Å². The molecule has 0 spiro atoms. The minimum absolute atomic E-state index is 0.192. The van der Waals surface area contributed by atoms with E-state index in [1.54, 1.807) is 7.11 Å². The fourth-order valence-corrected chi connectivity index (χ4v) is 3.15. The first kappa shape index (κ1) is 14.1. The molecule has 104 valence electrons. The van der Waals surface area contributed by atoms with Crippen molar-refractivity contribution in [1.29, 1.82) is 0 Å². The maximum absolute atomic E-state index is 12.8. The summed E-state index contributed by atoms with van der Waals surface area (Å²) >= 11 is 0. The predicted octanol–water partition coefficient (Wildman–Crippen LogP) is 4.47. The average molecular weight is 260 g/mol. The molecular weight excluding hydrogens is 236 g/mol. The molecular formula is C17H24O2. The Kier molecular flexibility index (Phi) is 4.62. The Morgan fingerprint density at radius 2 is 1.74 bits per heavy atom. The number of ether oxygens (including phenoxy) is 1. The maximum atomic E-state index is 12.8. The van der Waals surface area contributed by atoms with Crippen molar-refractivity contribution >= 4 is 5.78 Å². The summed E-state index contributed by atoms with van der Waals surface area (Å²) in [5.74, 6) is 1.22. The standard InChI is InChI=1S/C17H24O2/c1-12-10-13(2)16(15(11-12)19-3)17(18)14-8-6-4-5-7-9-14/h10-11,14H,4-9H2,1-3H3. The number of methoxy groups -OCH3 is 1. The summed E-state index contributed by atoms with van der Waals surface area (Å²) in [6, 6.07) is 4.05. The first-order valence-corrected chi connectivity index (χ1v) is 7.33. The molecule has 1 fully saturated rings. The summed E-state index contributed by atoms with van der Waals surface area (Å²) in [7, 11) is 1.65. The minimum Gasteiger partial charge on any atom is -0.496 e. The number of hydrogen-bond donors (Lipinski definition) is 0. The number of aryl methyl sites for hydroxylation is 2. The number of rotatable bonds is 3. The third-order valence-electron chi connectivity index (χ3n) is 4.14. The van der Waals surface area contributed by atoms with E-state index in [1.165, 1.54) is 25.7 Å². The molecule has 1 aliphatic rings. The number of carbonyl (C=O) groups is 1. The highest BCUT2D eigenvalue weighted by Gasteiger charge is 2.25.